The van der Waals surface area contributed by atoms with Gasteiger partial charge in [0.25, 0.3) is 11.5 Å². The summed E-state index contributed by atoms with van der Waals surface area (Å²) in [5, 5.41) is 0.570. The van der Waals surface area contributed by atoms with Crippen molar-refractivity contribution in [2.75, 3.05) is 20.3 Å². The number of rotatable bonds is 7. The van der Waals surface area contributed by atoms with Gasteiger partial charge in [0.15, 0.2) is 11.5 Å². The molecule has 0 bridgehead atoms. The Balaban J connectivity index is 1.62. The van der Waals surface area contributed by atoms with Crippen LogP contribution < -0.4 is 15.0 Å². The van der Waals surface area contributed by atoms with Gasteiger partial charge in [-0.1, -0.05) is 18.9 Å². The summed E-state index contributed by atoms with van der Waals surface area (Å²) in [7, 11) is 1.61. The lowest BCUT2D eigenvalue weighted by Gasteiger charge is -2.22. The van der Waals surface area contributed by atoms with Gasteiger partial charge in [-0.15, -0.1) is 0 Å². The highest BCUT2D eigenvalue weighted by atomic mass is 16.5. The first kappa shape index (κ1) is 23.8. The molecule has 2 heterocycles. The third kappa shape index (κ3) is 4.93. The van der Waals surface area contributed by atoms with Crippen LogP contribution in [0.25, 0.3) is 10.9 Å². The Hall–Kier alpha value is -3.35. The summed E-state index contributed by atoms with van der Waals surface area (Å²) in [6, 6.07) is 11.0. The van der Waals surface area contributed by atoms with Crippen LogP contribution in [0.4, 0.5) is 0 Å². The maximum atomic E-state index is 13.4. The number of ether oxygens (including phenoxy) is 2. The van der Waals surface area contributed by atoms with Gasteiger partial charge < -0.3 is 14.4 Å². The summed E-state index contributed by atoms with van der Waals surface area (Å²) < 4.78 is 12.9. The van der Waals surface area contributed by atoms with Gasteiger partial charge in [0.1, 0.15) is 5.82 Å². The van der Waals surface area contributed by atoms with Crippen LogP contribution in [0, 0.1) is 0 Å². The first-order chi connectivity index (χ1) is 16.5. The molecule has 7 nitrogen and oxygen atoms in total. The molecule has 0 N–H and O–H groups in total. The molecule has 0 fully saturated rings. The molecule has 0 aliphatic carbocycles. The van der Waals surface area contributed by atoms with Crippen molar-refractivity contribution in [2.24, 2.45) is 0 Å². The lowest BCUT2D eigenvalue weighted by Crippen LogP contribution is -2.30. The number of amides is 1. The second-order valence-electron chi connectivity index (χ2n) is 8.62. The largest absolute Gasteiger partial charge is 0.493 e. The molecule has 0 radical (unpaired) electrons. The van der Waals surface area contributed by atoms with Gasteiger partial charge in [0, 0.05) is 31.6 Å². The number of benzene rings is 2. The van der Waals surface area contributed by atoms with Crippen molar-refractivity contribution in [3.8, 4) is 11.5 Å². The minimum Gasteiger partial charge on any atom is -0.493 e. The van der Waals surface area contributed by atoms with E-state index < -0.39 is 0 Å². The van der Waals surface area contributed by atoms with Crippen molar-refractivity contribution < 1.29 is 14.3 Å². The highest BCUT2D eigenvalue weighted by Crippen LogP contribution is 2.29. The van der Waals surface area contributed by atoms with Gasteiger partial charge >= 0.3 is 0 Å². The molecule has 0 spiro atoms. The molecule has 1 aromatic heterocycles. The summed E-state index contributed by atoms with van der Waals surface area (Å²) in [4.78, 5) is 33.0. The first-order valence-electron chi connectivity index (χ1n) is 12.2. The SMILES string of the molecule is CCOc1ccc(CN(CC)C(=O)c2ccc3c(=O)n4c(nc3c2)CCCCCC4)cc1OC. The summed E-state index contributed by atoms with van der Waals surface area (Å²) in [5.41, 5.74) is 2.08. The molecule has 1 aliphatic heterocycles. The summed E-state index contributed by atoms with van der Waals surface area (Å²) >= 11 is 0. The maximum Gasteiger partial charge on any atom is 0.261 e. The summed E-state index contributed by atoms with van der Waals surface area (Å²) in [5.74, 6) is 2.07. The fraction of sp³-hybridized carbons (Fsp3) is 0.444. The highest BCUT2D eigenvalue weighted by Gasteiger charge is 2.19. The number of hydrogen-bond donors (Lipinski definition) is 0. The minimum atomic E-state index is -0.0918. The van der Waals surface area contributed by atoms with Crippen molar-refractivity contribution in [1.82, 2.24) is 14.5 Å². The number of carbonyl (C=O) groups excluding carboxylic acids is 1. The Labute approximate surface area is 200 Å². The zero-order valence-electron chi connectivity index (χ0n) is 20.3. The standard InChI is InChI=1S/C27H33N3O4/c1-4-29(18-19-11-14-23(34-5-2)24(16-19)33-3)26(31)20-12-13-21-22(17-20)28-25-10-8-6-7-9-15-30(25)27(21)32/h11-14,16-17H,4-10,15,18H2,1-3H3. The van der Waals surface area contributed by atoms with E-state index >= 15 is 0 Å². The maximum absolute atomic E-state index is 13.4. The zero-order chi connectivity index (χ0) is 24.1. The van der Waals surface area contributed by atoms with Gasteiger partial charge in [-0.25, -0.2) is 4.98 Å². The van der Waals surface area contributed by atoms with E-state index in [1.54, 1.807) is 30.2 Å². The Bertz CT molecular complexity index is 1230. The molecule has 0 atom stereocenters. The van der Waals surface area contributed by atoms with Gasteiger partial charge in [-0.05, 0) is 62.6 Å². The Morgan fingerprint density at radius 1 is 1.06 bits per heavy atom. The van der Waals surface area contributed by atoms with E-state index in [9.17, 15) is 9.59 Å². The Morgan fingerprint density at radius 3 is 2.65 bits per heavy atom. The second kappa shape index (κ2) is 10.7. The highest BCUT2D eigenvalue weighted by molar-refractivity contribution is 5.97. The second-order valence-corrected chi connectivity index (χ2v) is 8.62. The molecular formula is C27H33N3O4. The van der Waals surface area contributed by atoms with Crippen LogP contribution in [-0.2, 0) is 19.5 Å². The van der Waals surface area contributed by atoms with Crippen LogP contribution in [0.15, 0.2) is 41.2 Å². The van der Waals surface area contributed by atoms with Crippen molar-refractivity contribution in [3.63, 3.8) is 0 Å². The first-order valence-corrected chi connectivity index (χ1v) is 12.2. The lowest BCUT2D eigenvalue weighted by atomic mass is 10.1. The number of carbonyl (C=O) groups is 1. The number of aryl methyl sites for hydroxylation is 1. The molecule has 1 aliphatic rings. The zero-order valence-corrected chi connectivity index (χ0v) is 20.3. The molecular weight excluding hydrogens is 430 g/mol. The topological polar surface area (TPSA) is 73.7 Å². The molecule has 4 rings (SSSR count). The van der Waals surface area contributed by atoms with Crippen molar-refractivity contribution in [2.45, 2.75) is 59.0 Å². The van der Waals surface area contributed by atoms with E-state index in [1.165, 1.54) is 0 Å². The monoisotopic (exact) mass is 463 g/mol. The van der Waals surface area contributed by atoms with Crippen molar-refractivity contribution >= 4 is 16.8 Å². The third-order valence-electron chi connectivity index (χ3n) is 6.38. The molecule has 7 heteroatoms. The minimum absolute atomic E-state index is 0.00488. The summed E-state index contributed by atoms with van der Waals surface area (Å²) in [6.07, 6.45) is 5.13. The smallest absolute Gasteiger partial charge is 0.261 e. The van der Waals surface area contributed by atoms with Crippen LogP contribution in [0.1, 0.15) is 61.3 Å². The molecule has 0 saturated heterocycles. The van der Waals surface area contributed by atoms with E-state index in [2.05, 4.69) is 0 Å². The number of methoxy groups -OCH3 is 1. The molecule has 1 amide bonds. The van der Waals surface area contributed by atoms with Crippen molar-refractivity contribution in [3.05, 3.63) is 63.7 Å². The van der Waals surface area contributed by atoms with Crippen LogP contribution in [0.5, 0.6) is 11.5 Å². The van der Waals surface area contributed by atoms with E-state index in [0.717, 1.165) is 43.5 Å². The fourth-order valence-electron chi connectivity index (χ4n) is 4.54. The van der Waals surface area contributed by atoms with Crippen LogP contribution in [0.2, 0.25) is 0 Å². The van der Waals surface area contributed by atoms with Crippen molar-refractivity contribution in [1.29, 1.82) is 0 Å². The molecule has 0 unspecified atom stereocenters. The van der Waals surface area contributed by atoms with Gasteiger partial charge in [0.05, 0.1) is 24.6 Å². The average Bonchev–Trinajstić information content (AvgIpc) is 2.84. The predicted molar refractivity (Wildman–Crippen MR) is 133 cm³/mol. The molecule has 3 aromatic rings. The molecule has 180 valence electrons. The lowest BCUT2D eigenvalue weighted by molar-refractivity contribution is 0.0752. The Kier molecular flexibility index (Phi) is 7.50. The number of hydrogen-bond acceptors (Lipinski definition) is 5. The van der Waals surface area contributed by atoms with E-state index in [0.29, 0.717) is 54.2 Å². The Morgan fingerprint density at radius 2 is 1.88 bits per heavy atom. The molecule has 2 aromatic carbocycles. The average molecular weight is 464 g/mol. The predicted octanol–water partition coefficient (Wildman–Crippen LogP) is 4.58. The number of nitrogens with zero attached hydrogens (tertiary/aromatic N) is 3. The quantitative estimate of drug-likeness (QED) is 0.513. The summed E-state index contributed by atoms with van der Waals surface area (Å²) in [6.45, 7) is 6.14. The van der Waals surface area contributed by atoms with E-state index in [4.69, 9.17) is 14.5 Å². The van der Waals surface area contributed by atoms with E-state index in [-0.39, 0.29) is 11.5 Å². The van der Waals surface area contributed by atoms with E-state index in [1.807, 2.05) is 36.6 Å². The van der Waals surface area contributed by atoms with Crippen LogP contribution in [-0.4, -0.2) is 40.6 Å². The number of aromatic nitrogens is 2. The normalized spacial score (nSPS) is 13.6. The van der Waals surface area contributed by atoms with Gasteiger partial charge in [-0.3, -0.25) is 14.2 Å². The van der Waals surface area contributed by atoms with Crippen LogP contribution in [0.3, 0.4) is 0 Å². The fourth-order valence-corrected chi connectivity index (χ4v) is 4.54. The molecule has 0 saturated carbocycles. The van der Waals surface area contributed by atoms with Crippen LogP contribution >= 0.6 is 0 Å². The van der Waals surface area contributed by atoms with Gasteiger partial charge in [-0.2, -0.15) is 0 Å². The molecule has 34 heavy (non-hydrogen) atoms. The number of fused-ring (bicyclic) bond motifs is 2. The van der Waals surface area contributed by atoms with Gasteiger partial charge in [0.2, 0.25) is 0 Å². The third-order valence-corrected chi connectivity index (χ3v) is 6.38.